The summed E-state index contributed by atoms with van der Waals surface area (Å²) in [5, 5.41) is 0. The van der Waals surface area contributed by atoms with Gasteiger partial charge in [-0.15, -0.1) is 0 Å². The van der Waals surface area contributed by atoms with Gasteiger partial charge in [0.05, 0.1) is 11.3 Å². The number of anilines is 1. The van der Waals surface area contributed by atoms with Gasteiger partial charge >= 0.3 is 0 Å². The molecule has 2 aliphatic heterocycles. The molecule has 4 rings (SSSR count). The second kappa shape index (κ2) is 9.63. The van der Waals surface area contributed by atoms with Gasteiger partial charge in [0.1, 0.15) is 11.6 Å². The lowest BCUT2D eigenvalue weighted by molar-refractivity contribution is -0.129. The molecule has 2 aromatic rings. The number of halogens is 1. The first kappa shape index (κ1) is 22.2. The Balaban J connectivity index is 1.31. The zero-order valence-corrected chi connectivity index (χ0v) is 18.8. The molecule has 2 amide bonds. The average molecular weight is 440 g/mol. The molecule has 1 unspecified atom stereocenters. The van der Waals surface area contributed by atoms with Gasteiger partial charge in [0.2, 0.25) is 5.91 Å². The van der Waals surface area contributed by atoms with Gasteiger partial charge in [-0.25, -0.2) is 14.4 Å². The van der Waals surface area contributed by atoms with Gasteiger partial charge < -0.3 is 14.7 Å². The Labute approximate surface area is 188 Å². The molecule has 0 N–H and O–H groups in total. The lowest BCUT2D eigenvalue weighted by atomic mass is 10.1. The lowest BCUT2D eigenvalue weighted by Crippen LogP contribution is -2.32. The molecule has 1 atom stereocenters. The summed E-state index contributed by atoms with van der Waals surface area (Å²) >= 11 is 0. The van der Waals surface area contributed by atoms with Crippen molar-refractivity contribution in [2.45, 2.75) is 38.5 Å². The summed E-state index contributed by atoms with van der Waals surface area (Å²) in [6.07, 6.45) is 4.97. The Morgan fingerprint density at radius 1 is 1.12 bits per heavy atom. The molecule has 2 fully saturated rings. The summed E-state index contributed by atoms with van der Waals surface area (Å²) in [6.45, 7) is 5.30. The second-order valence-corrected chi connectivity index (χ2v) is 8.70. The lowest BCUT2D eigenvalue weighted by Gasteiger charge is -2.22. The molecule has 3 heterocycles. The van der Waals surface area contributed by atoms with Crippen LogP contribution in [0.4, 0.5) is 10.1 Å². The van der Waals surface area contributed by atoms with Crippen LogP contribution in [0.1, 0.15) is 53.5 Å². The molecular weight excluding hydrogens is 409 g/mol. The van der Waals surface area contributed by atoms with Crippen molar-refractivity contribution >= 4 is 17.5 Å². The Morgan fingerprint density at radius 2 is 1.84 bits per heavy atom. The minimum atomic E-state index is -0.271. The van der Waals surface area contributed by atoms with E-state index in [1.807, 2.05) is 28.7 Å². The fraction of sp³-hybridized carbons (Fsp3) is 0.500. The molecule has 0 bridgehead atoms. The van der Waals surface area contributed by atoms with Crippen LogP contribution >= 0.6 is 0 Å². The molecule has 1 aromatic carbocycles. The van der Waals surface area contributed by atoms with E-state index in [9.17, 15) is 14.0 Å². The number of carbonyl (C=O) groups excluding carboxylic acids is 2. The molecule has 0 spiro atoms. The monoisotopic (exact) mass is 439 g/mol. The van der Waals surface area contributed by atoms with Crippen molar-refractivity contribution < 1.29 is 14.0 Å². The molecule has 2 aliphatic rings. The zero-order valence-electron chi connectivity index (χ0n) is 18.8. The first-order valence-corrected chi connectivity index (χ1v) is 11.3. The van der Waals surface area contributed by atoms with Crippen molar-refractivity contribution in [3.8, 4) is 0 Å². The number of likely N-dealkylation sites (tertiary alicyclic amines) is 2. The van der Waals surface area contributed by atoms with Crippen LogP contribution < -0.4 is 4.90 Å². The van der Waals surface area contributed by atoms with Crippen molar-refractivity contribution in [3.05, 3.63) is 53.4 Å². The third-order valence-corrected chi connectivity index (χ3v) is 6.46. The minimum absolute atomic E-state index is 0.0139. The van der Waals surface area contributed by atoms with Gasteiger partial charge in [0, 0.05) is 64.0 Å². The predicted molar refractivity (Wildman–Crippen MR) is 120 cm³/mol. The maximum Gasteiger partial charge on any atom is 0.257 e. The Bertz CT molecular complexity index is 975. The SMILES string of the molecule is Cc1nc(C2CCN(C(=O)CCN(C)c3ccc(F)cc3)C2)ncc1C(=O)N1CCCC1. The van der Waals surface area contributed by atoms with Crippen LogP contribution in [-0.4, -0.2) is 71.4 Å². The summed E-state index contributed by atoms with van der Waals surface area (Å²) in [5.74, 6) is 0.633. The molecule has 170 valence electrons. The molecule has 0 aliphatic carbocycles. The van der Waals surface area contributed by atoms with Crippen LogP contribution in [0.3, 0.4) is 0 Å². The van der Waals surface area contributed by atoms with Crippen LogP contribution in [0.15, 0.2) is 30.5 Å². The number of nitrogens with zero attached hydrogens (tertiary/aromatic N) is 5. The first-order chi connectivity index (χ1) is 15.4. The molecule has 2 saturated heterocycles. The molecule has 8 heteroatoms. The predicted octanol–water partition coefficient (Wildman–Crippen LogP) is 3.00. The first-order valence-electron chi connectivity index (χ1n) is 11.3. The molecular formula is C24H30FN5O2. The van der Waals surface area contributed by atoms with Crippen molar-refractivity contribution in [2.24, 2.45) is 0 Å². The number of aromatic nitrogens is 2. The largest absolute Gasteiger partial charge is 0.374 e. The minimum Gasteiger partial charge on any atom is -0.374 e. The normalized spacial score (nSPS) is 18.3. The smallest absolute Gasteiger partial charge is 0.257 e. The standard InChI is InChI=1S/C24H30FN5O2/c1-17-21(24(32)29-11-3-4-12-29)15-26-23(27-17)18-9-14-30(16-18)22(31)10-13-28(2)20-7-5-19(25)6-8-20/h5-8,15,18H,3-4,9-14,16H2,1-2H3. The van der Waals surface area contributed by atoms with Crippen molar-refractivity contribution in [1.82, 2.24) is 19.8 Å². The fourth-order valence-electron chi connectivity index (χ4n) is 4.43. The molecule has 32 heavy (non-hydrogen) atoms. The zero-order chi connectivity index (χ0) is 22.7. The van der Waals surface area contributed by atoms with Gasteiger partial charge in [-0.3, -0.25) is 9.59 Å². The van der Waals surface area contributed by atoms with Crippen LogP contribution in [0.2, 0.25) is 0 Å². The molecule has 7 nitrogen and oxygen atoms in total. The Hall–Kier alpha value is -3.03. The van der Waals surface area contributed by atoms with Crippen molar-refractivity contribution in [3.63, 3.8) is 0 Å². The summed E-state index contributed by atoms with van der Waals surface area (Å²) in [7, 11) is 1.90. The van der Waals surface area contributed by atoms with E-state index in [0.29, 0.717) is 43.1 Å². The number of carbonyl (C=O) groups is 2. The third kappa shape index (κ3) is 4.89. The summed E-state index contributed by atoms with van der Waals surface area (Å²) in [4.78, 5) is 40.2. The van der Waals surface area contributed by atoms with Gasteiger partial charge in [-0.05, 0) is 50.5 Å². The molecule has 0 radical (unpaired) electrons. The fourth-order valence-corrected chi connectivity index (χ4v) is 4.43. The topological polar surface area (TPSA) is 69.6 Å². The van der Waals surface area contributed by atoms with E-state index < -0.39 is 0 Å². The quantitative estimate of drug-likeness (QED) is 0.692. The highest BCUT2D eigenvalue weighted by atomic mass is 19.1. The number of hydrogen-bond donors (Lipinski definition) is 0. The van der Waals surface area contributed by atoms with Gasteiger partial charge in [0.15, 0.2) is 0 Å². The van der Waals surface area contributed by atoms with Crippen LogP contribution in [-0.2, 0) is 4.79 Å². The van der Waals surface area contributed by atoms with E-state index >= 15 is 0 Å². The van der Waals surface area contributed by atoms with E-state index in [-0.39, 0.29) is 23.5 Å². The van der Waals surface area contributed by atoms with Crippen molar-refractivity contribution in [2.75, 3.05) is 44.7 Å². The van der Waals surface area contributed by atoms with E-state index in [1.165, 1.54) is 12.1 Å². The number of rotatable bonds is 6. The molecule has 1 aromatic heterocycles. The summed E-state index contributed by atoms with van der Waals surface area (Å²) < 4.78 is 13.1. The highest BCUT2D eigenvalue weighted by molar-refractivity contribution is 5.95. The number of benzene rings is 1. The van der Waals surface area contributed by atoms with E-state index in [0.717, 1.165) is 38.0 Å². The second-order valence-electron chi connectivity index (χ2n) is 8.70. The number of amides is 2. The third-order valence-electron chi connectivity index (χ3n) is 6.46. The maximum absolute atomic E-state index is 13.1. The van der Waals surface area contributed by atoms with Gasteiger partial charge in [-0.2, -0.15) is 0 Å². The average Bonchev–Trinajstić information content (AvgIpc) is 3.50. The summed E-state index contributed by atoms with van der Waals surface area (Å²) in [6, 6.07) is 6.27. The van der Waals surface area contributed by atoms with Crippen molar-refractivity contribution in [1.29, 1.82) is 0 Å². The Morgan fingerprint density at radius 3 is 2.53 bits per heavy atom. The highest BCUT2D eigenvalue weighted by Crippen LogP contribution is 2.26. The highest BCUT2D eigenvalue weighted by Gasteiger charge is 2.30. The van der Waals surface area contributed by atoms with Crippen LogP contribution in [0.5, 0.6) is 0 Å². The van der Waals surface area contributed by atoms with Gasteiger partial charge in [0.25, 0.3) is 5.91 Å². The number of aryl methyl sites for hydroxylation is 1. The van der Waals surface area contributed by atoms with E-state index in [4.69, 9.17) is 0 Å². The summed E-state index contributed by atoms with van der Waals surface area (Å²) in [5.41, 5.74) is 2.16. The molecule has 0 saturated carbocycles. The number of hydrogen-bond acceptors (Lipinski definition) is 5. The van der Waals surface area contributed by atoms with E-state index in [2.05, 4.69) is 9.97 Å². The maximum atomic E-state index is 13.1. The Kier molecular flexibility index (Phi) is 6.67. The van der Waals surface area contributed by atoms with Crippen LogP contribution in [0.25, 0.3) is 0 Å². The van der Waals surface area contributed by atoms with Crippen LogP contribution in [0, 0.1) is 12.7 Å². The van der Waals surface area contributed by atoms with E-state index in [1.54, 1.807) is 18.3 Å². The van der Waals surface area contributed by atoms with Gasteiger partial charge in [-0.1, -0.05) is 0 Å².